The second-order valence-electron chi connectivity index (χ2n) is 8.26. The molecule has 140 valence electrons. The molecule has 0 bridgehead atoms. The summed E-state index contributed by atoms with van der Waals surface area (Å²) in [5.41, 5.74) is 4.28. The van der Waals surface area contributed by atoms with Gasteiger partial charge in [-0.15, -0.1) is 0 Å². The lowest BCUT2D eigenvalue weighted by molar-refractivity contribution is 0.00578. The van der Waals surface area contributed by atoms with Crippen LogP contribution in [0.4, 0.5) is 0 Å². The quantitative estimate of drug-likeness (QED) is 0.668. The van der Waals surface area contributed by atoms with E-state index < -0.39 is 0 Å². The Hall–Kier alpha value is -0.995. The number of ether oxygens (including phenoxy) is 1. The molecule has 0 saturated carbocycles. The van der Waals surface area contributed by atoms with Crippen LogP contribution in [-0.2, 0) is 15.7 Å². The van der Waals surface area contributed by atoms with Crippen LogP contribution in [0.1, 0.15) is 77.5 Å². The first-order valence-electron chi connectivity index (χ1n) is 9.76. The molecule has 0 N–H and O–H groups in total. The van der Waals surface area contributed by atoms with Crippen LogP contribution in [0.25, 0.3) is 0 Å². The van der Waals surface area contributed by atoms with Crippen LogP contribution in [0.2, 0.25) is 0 Å². The van der Waals surface area contributed by atoms with Gasteiger partial charge in [-0.2, -0.15) is 0 Å². The van der Waals surface area contributed by atoms with Crippen LogP contribution in [0, 0.1) is 13.8 Å². The summed E-state index contributed by atoms with van der Waals surface area (Å²) in [6.07, 6.45) is 4.36. The molecule has 1 aliphatic rings. The van der Waals surface area contributed by atoms with Crippen LogP contribution in [0.3, 0.4) is 0 Å². The molecule has 25 heavy (non-hydrogen) atoms. The number of unbranched alkanes of at least 4 members (excludes halogenated alkanes) is 1. The molecule has 1 saturated heterocycles. The molecule has 0 atom stereocenters. The van der Waals surface area contributed by atoms with Gasteiger partial charge in [-0.1, -0.05) is 26.3 Å². The molecule has 1 aromatic rings. The van der Waals surface area contributed by atoms with E-state index in [1.54, 1.807) is 0 Å². The van der Waals surface area contributed by atoms with Gasteiger partial charge in [0, 0.05) is 5.46 Å². The third kappa shape index (κ3) is 4.06. The van der Waals surface area contributed by atoms with Crippen LogP contribution in [0.15, 0.2) is 6.07 Å². The first-order valence-corrected chi connectivity index (χ1v) is 9.76. The fourth-order valence-electron chi connectivity index (χ4n) is 3.16. The van der Waals surface area contributed by atoms with E-state index in [2.05, 4.69) is 61.5 Å². The molecule has 0 radical (unpaired) electrons. The third-order valence-electron chi connectivity index (χ3n) is 5.69. The highest BCUT2D eigenvalue weighted by Gasteiger charge is 2.52. The first-order chi connectivity index (χ1) is 11.6. The zero-order valence-electron chi connectivity index (χ0n) is 17.4. The van der Waals surface area contributed by atoms with E-state index in [1.165, 1.54) is 23.1 Å². The third-order valence-corrected chi connectivity index (χ3v) is 5.69. The van der Waals surface area contributed by atoms with Crippen molar-refractivity contribution in [2.45, 2.75) is 92.3 Å². The summed E-state index contributed by atoms with van der Waals surface area (Å²) in [6.45, 7) is 17.8. The summed E-state index contributed by atoms with van der Waals surface area (Å²) in [7, 11) is -0.378. The van der Waals surface area contributed by atoms with E-state index in [4.69, 9.17) is 14.0 Å². The largest absolute Gasteiger partial charge is 0.498 e. The summed E-state index contributed by atoms with van der Waals surface area (Å²) in [5, 5.41) is 0. The van der Waals surface area contributed by atoms with E-state index in [9.17, 15) is 0 Å². The van der Waals surface area contributed by atoms with Crippen LogP contribution >= 0.6 is 0 Å². The number of rotatable bonds is 7. The zero-order chi connectivity index (χ0) is 18.8. The van der Waals surface area contributed by atoms with E-state index in [0.717, 1.165) is 30.5 Å². The molecule has 0 aliphatic carbocycles. The highest BCUT2D eigenvalue weighted by atomic mass is 16.7. The highest BCUT2D eigenvalue weighted by Crippen LogP contribution is 2.38. The van der Waals surface area contributed by atoms with Gasteiger partial charge in [0.1, 0.15) is 5.75 Å². The molecule has 0 unspecified atom stereocenters. The van der Waals surface area contributed by atoms with Crippen LogP contribution < -0.4 is 10.2 Å². The SMILES string of the molecule is CCCCc1c(C)c(C)cc(B2OC(C)(C)C(C)(C)O2)c1OCCC. The van der Waals surface area contributed by atoms with E-state index in [-0.39, 0.29) is 18.3 Å². The number of benzene rings is 1. The van der Waals surface area contributed by atoms with E-state index in [1.807, 2.05) is 0 Å². The summed E-state index contributed by atoms with van der Waals surface area (Å²) in [6, 6.07) is 2.19. The Kier molecular flexibility index (Phi) is 6.27. The fraction of sp³-hybridized carbons (Fsp3) is 0.714. The molecule has 3 nitrogen and oxygen atoms in total. The molecule has 1 heterocycles. The Balaban J connectivity index is 2.51. The van der Waals surface area contributed by atoms with Crippen molar-refractivity contribution in [3.63, 3.8) is 0 Å². The predicted octanol–water partition coefficient (Wildman–Crippen LogP) is 4.73. The van der Waals surface area contributed by atoms with Crippen LogP contribution in [0.5, 0.6) is 5.75 Å². The van der Waals surface area contributed by atoms with Crippen LogP contribution in [-0.4, -0.2) is 24.9 Å². The van der Waals surface area contributed by atoms with Crippen molar-refractivity contribution in [2.75, 3.05) is 6.61 Å². The van der Waals surface area contributed by atoms with Gasteiger partial charge in [0.05, 0.1) is 17.8 Å². The lowest BCUT2D eigenvalue weighted by Gasteiger charge is -2.32. The lowest BCUT2D eigenvalue weighted by Crippen LogP contribution is -2.41. The minimum atomic E-state index is -0.378. The highest BCUT2D eigenvalue weighted by molar-refractivity contribution is 6.63. The minimum absolute atomic E-state index is 0.345. The average Bonchev–Trinajstić information content (AvgIpc) is 2.75. The van der Waals surface area contributed by atoms with Crippen molar-refractivity contribution in [2.24, 2.45) is 0 Å². The van der Waals surface area contributed by atoms with Crippen molar-refractivity contribution in [3.8, 4) is 5.75 Å². The van der Waals surface area contributed by atoms with Crippen molar-refractivity contribution in [3.05, 3.63) is 22.8 Å². The van der Waals surface area contributed by atoms with Gasteiger partial charge < -0.3 is 14.0 Å². The van der Waals surface area contributed by atoms with Gasteiger partial charge in [0.2, 0.25) is 0 Å². The Morgan fingerprint density at radius 2 is 1.60 bits per heavy atom. The Bertz CT molecular complexity index is 592. The van der Waals surface area contributed by atoms with Gasteiger partial charge >= 0.3 is 7.12 Å². The molecule has 0 amide bonds. The fourth-order valence-corrected chi connectivity index (χ4v) is 3.16. The normalized spacial score (nSPS) is 18.6. The Labute approximate surface area is 154 Å². The van der Waals surface area contributed by atoms with Crippen molar-refractivity contribution in [1.29, 1.82) is 0 Å². The second kappa shape index (κ2) is 7.71. The Morgan fingerprint density at radius 1 is 1.00 bits per heavy atom. The monoisotopic (exact) mass is 346 g/mol. The number of aryl methyl sites for hydroxylation is 1. The molecule has 1 aliphatic heterocycles. The smallest absolute Gasteiger partial charge is 0.494 e. The molecular weight excluding hydrogens is 311 g/mol. The predicted molar refractivity (Wildman–Crippen MR) is 106 cm³/mol. The van der Waals surface area contributed by atoms with Gasteiger partial charge in [-0.25, -0.2) is 0 Å². The first kappa shape index (κ1) is 20.3. The second-order valence-corrected chi connectivity index (χ2v) is 8.26. The Morgan fingerprint density at radius 3 is 2.12 bits per heavy atom. The summed E-state index contributed by atoms with van der Waals surface area (Å²) < 4.78 is 18.9. The minimum Gasteiger partial charge on any atom is -0.494 e. The average molecular weight is 346 g/mol. The molecular formula is C21H35BO3. The van der Waals surface area contributed by atoms with E-state index in [0.29, 0.717) is 6.61 Å². The topological polar surface area (TPSA) is 27.7 Å². The van der Waals surface area contributed by atoms with Crippen molar-refractivity contribution >= 4 is 12.6 Å². The molecule has 4 heteroatoms. The number of hydrogen-bond acceptors (Lipinski definition) is 3. The van der Waals surface area contributed by atoms with Gasteiger partial charge in [0.15, 0.2) is 0 Å². The maximum absolute atomic E-state index is 6.32. The van der Waals surface area contributed by atoms with Gasteiger partial charge in [-0.05, 0) is 77.5 Å². The molecule has 1 fully saturated rings. The van der Waals surface area contributed by atoms with Crippen molar-refractivity contribution in [1.82, 2.24) is 0 Å². The van der Waals surface area contributed by atoms with E-state index >= 15 is 0 Å². The maximum Gasteiger partial charge on any atom is 0.498 e. The lowest BCUT2D eigenvalue weighted by atomic mass is 9.75. The molecule has 1 aromatic carbocycles. The van der Waals surface area contributed by atoms with Gasteiger partial charge in [0.25, 0.3) is 0 Å². The summed E-state index contributed by atoms with van der Waals surface area (Å²) in [5.74, 6) is 0.983. The maximum atomic E-state index is 6.32. The standard InChI is InChI=1S/C21H35BO3/c1-9-11-12-17-16(4)15(3)14-18(19(17)23-13-10-2)22-24-20(5,6)21(7,8)25-22/h14H,9-13H2,1-8H3. The van der Waals surface area contributed by atoms with Gasteiger partial charge in [-0.3, -0.25) is 0 Å². The molecule has 2 rings (SSSR count). The summed E-state index contributed by atoms with van der Waals surface area (Å²) in [4.78, 5) is 0. The summed E-state index contributed by atoms with van der Waals surface area (Å²) >= 11 is 0. The molecule has 0 spiro atoms. The van der Waals surface area contributed by atoms with Crippen molar-refractivity contribution < 1.29 is 14.0 Å². The molecule has 0 aromatic heterocycles. The zero-order valence-corrected chi connectivity index (χ0v) is 17.4. The number of hydrogen-bond donors (Lipinski definition) is 0.